The molecular weight excluding hydrogens is 318 g/mol. The van der Waals surface area contributed by atoms with Gasteiger partial charge in [0.1, 0.15) is 0 Å². The van der Waals surface area contributed by atoms with Gasteiger partial charge in [-0.1, -0.05) is 57.2 Å². The van der Waals surface area contributed by atoms with Crippen LogP contribution in [0, 0.1) is 0 Å². The van der Waals surface area contributed by atoms with Crippen LogP contribution in [0.15, 0.2) is 73.1 Å². The molecule has 4 aromatic rings. The van der Waals surface area contributed by atoms with Gasteiger partial charge in [0, 0.05) is 23.4 Å². The molecule has 0 amide bonds. The van der Waals surface area contributed by atoms with Crippen molar-refractivity contribution in [3.8, 4) is 22.4 Å². The Bertz CT molecular complexity index is 1050. The number of para-hydroxylation sites is 2. The molecule has 0 spiro atoms. The fraction of sp³-hybridized carbons (Fsp3) is 0.174. The second kappa shape index (κ2) is 6.34. The first-order chi connectivity index (χ1) is 12.5. The minimum Gasteiger partial charge on any atom is -0.265 e. The molecule has 2 aromatic heterocycles. The van der Waals surface area contributed by atoms with Gasteiger partial charge in [-0.25, -0.2) is 9.97 Å². The van der Waals surface area contributed by atoms with Crippen LogP contribution >= 0.6 is 0 Å². The molecule has 0 bridgehead atoms. The fourth-order valence-electron chi connectivity index (χ4n) is 3.09. The van der Waals surface area contributed by atoms with Crippen LogP contribution in [0.25, 0.3) is 33.4 Å². The summed E-state index contributed by atoms with van der Waals surface area (Å²) in [4.78, 5) is 14.0. The highest BCUT2D eigenvalue weighted by molar-refractivity contribution is 5.79. The Morgan fingerprint density at radius 3 is 1.77 bits per heavy atom. The number of fused-ring (bicyclic) bond motifs is 1. The van der Waals surface area contributed by atoms with E-state index in [9.17, 15) is 0 Å². The van der Waals surface area contributed by atoms with Crippen molar-refractivity contribution in [3.05, 3.63) is 78.8 Å². The lowest BCUT2D eigenvalue weighted by atomic mass is 9.88. The molecule has 0 unspecified atom stereocenters. The van der Waals surface area contributed by atoms with Crippen LogP contribution in [0.4, 0.5) is 0 Å². The van der Waals surface area contributed by atoms with Crippen molar-refractivity contribution in [2.45, 2.75) is 26.2 Å². The monoisotopic (exact) mass is 339 g/mol. The summed E-state index contributed by atoms with van der Waals surface area (Å²) in [6.45, 7) is 6.54. The molecule has 0 aliphatic carbocycles. The summed E-state index contributed by atoms with van der Waals surface area (Å²) in [6, 6.07) is 20.6. The van der Waals surface area contributed by atoms with Crippen molar-refractivity contribution in [1.29, 1.82) is 0 Å². The molecular formula is C23H21N3. The first-order valence-corrected chi connectivity index (χ1v) is 8.80. The number of rotatable bonds is 2. The summed E-state index contributed by atoms with van der Waals surface area (Å²) < 4.78 is 0. The summed E-state index contributed by atoms with van der Waals surface area (Å²) in [7, 11) is 0. The third-order valence-electron chi connectivity index (χ3n) is 4.45. The lowest BCUT2D eigenvalue weighted by Crippen LogP contribution is -2.16. The highest BCUT2D eigenvalue weighted by Crippen LogP contribution is 2.32. The van der Waals surface area contributed by atoms with Gasteiger partial charge in [0.25, 0.3) is 0 Å². The highest BCUT2D eigenvalue weighted by atomic mass is 14.8. The molecule has 0 aliphatic rings. The number of hydrogen-bond donors (Lipinski definition) is 0. The zero-order chi connectivity index (χ0) is 18.1. The lowest BCUT2D eigenvalue weighted by Gasteiger charge is -2.21. The smallest absolute Gasteiger partial charge is 0.0930 e. The van der Waals surface area contributed by atoms with Gasteiger partial charge in [-0.3, -0.25) is 4.98 Å². The summed E-state index contributed by atoms with van der Waals surface area (Å²) in [5, 5.41) is 0. The Hall–Kier alpha value is -3.07. The van der Waals surface area contributed by atoms with E-state index in [1.165, 1.54) is 5.56 Å². The van der Waals surface area contributed by atoms with E-state index in [1.807, 2.05) is 48.8 Å². The van der Waals surface area contributed by atoms with Crippen LogP contribution in [0.1, 0.15) is 26.5 Å². The van der Waals surface area contributed by atoms with Crippen LogP contribution < -0.4 is 0 Å². The summed E-state index contributed by atoms with van der Waals surface area (Å²) >= 11 is 0. The molecule has 0 saturated carbocycles. The van der Waals surface area contributed by atoms with E-state index >= 15 is 0 Å². The van der Waals surface area contributed by atoms with Crippen molar-refractivity contribution in [1.82, 2.24) is 15.0 Å². The van der Waals surface area contributed by atoms with E-state index in [-0.39, 0.29) is 5.41 Å². The topological polar surface area (TPSA) is 38.7 Å². The number of pyridine rings is 1. The van der Waals surface area contributed by atoms with E-state index in [0.717, 1.165) is 33.5 Å². The third kappa shape index (κ3) is 3.08. The average molecular weight is 339 g/mol. The maximum absolute atomic E-state index is 4.94. The zero-order valence-corrected chi connectivity index (χ0v) is 15.3. The van der Waals surface area contributed by atoms with Crippen molar-refractivity contribution in [2.75, 3.05) is 0 Å². The maximum atomic E-state index is 4.94. The first-order valence-electron chi connectivity index (χ1n) is 8.80. The Labute approximate surface area is 153 Å². The SMILES string of the molecule is CC(C)(C)c1nc2ccccc2nc1-c1ccc(-c2ccncc2)cc1. The van der Waals surface area contributed by atoms with Gasteiger partial charge < -0.3 is 0 Å². The Morgan fingerprint density at radius 1 is 0.615 bits per heavy atom. The summed E-state index contributed by atoms with van der Waals surface area (Å²) in [6.07, 6.45) is 3.63. The largest absolute Gasteiger partial charge is 0.265 e. The molecule has 0 fully saturated rings. The Balaban J connectivity index is 1.85. The lowest BCUT2D eigenvalue weighted by molar-refractivity contribution is 0.571. The predicted molar refractivity (Wildman–Crippen MR) is 107 cm³/mol. The van der Waals surface area contributed by atoms with Crippen LogP contribution in [0.5, 0.6) is 0 Å². The molecule has 128 valence electrons. The molecule has 26 heavy (non-hydrogen) atoms. The zero-order valence-electron chi connectivity index (χ0n) is 15.3. The molecule has 4 rings (SSSR count). The van der Waals surface area contributed by atoms with Gasteiger partial charge in [-0.2, -0.15) is 0 Å². The molecule has 2 heterocycles. The van der Waals surface area contributed by atoms with Crippen LogP contribution in [-0.2, 0) is 5.41 Å². The second-order valence-corrected chi connectivity index (χ2v) is 7.47. The van der Waals surface area contributed by atoms with Gasteiger partial charge in [0.2, 0.25) is 0 Å². The fourth-order valence-corrected chi connectivity index (χ4v) is 3.09. The summed E-state index contributed by atoms with van der Waals surface area (Å²) in [5.41, 5.74) is 7.17. The molecule has 0 saturated heterocycles. The molecule has 0 N–H and O–H groups in total. The van der Waals surface area contributed by atoms with Crippen molar-refractivity contribution >= 4 is 11.0 Å². The molecule has 3 nitrogen and oxygen atoms in total. The predicted octanol–water partition coefficient (Wildman–Crippen LogP) is 5.66. The molecule has 0 atom stereocenters. The van der Waals surface area contributed by atoms with Gasteiger partial charge in [0.15, 0.2) is 0 Å². The van der Waals surface area contributed by atoms with E-state index in [2.05, 4.69) is 50.0 Å². The van der Waals surface area contributed by atoms with Gasteiger partial charge in [-0.05, 0) is 35.4 Å². The van der Waals surface area contributed by atoms with Crippen LogP contribution in [0.2, 0.25) is 0 Å². The minimum absolute atomic E-state index is 0.0872. The van der Waals surface area contributed by atoms with Gasteiger partial charge >= 0.3 is 0 Å². The Kier molecular flexibility index (Phi) is 4.00. The summed E-state index contributed by atoms with van der Waals surface area (Å²) in [5.74, 6) is 0. The van der Waals surface area contributed by atoms with Crippen molar-refractivity contribution in [3.63, 3.8) is 0 Å². The molecule has 3 heteroatoms. The van der Waals surface area contributed by atoms with Crippen LogP contribution in [-0.4, -0.2) is 15.0 Å². The average Bonchev–Trinajstić information content (AvgIpc) is 2.67. The first kappa shape index (κ1) is 16.4. The third-order valence-corrected chi connectivity index (χ3v) is 4.45. The van der Waals surface area contributed by atoms with Gasteiger partial charge in [0.05, 0.1) is 22.4 Å². The van der Waals surface area contributed by atoms with E-state index in [4.69, 9.17) is 9.97 Å². The molecule has 0 radical (unpaired) electrons. The number of benzene rings is 2. The maximum Gasteiger partial charge on any atom is 0.0930 e. The van der Waals surface area contributed by atoms with E-state index < -0.39 is 0 Å². The van der Waals surface area contributed by atoms with E-state index in [1.54, 1.807) is 0 Å². The quantitative estimate of drug-likeness (QED) is 0.473. The number of hydrogen-bond acceptors (Lipinski definition) is 3. The highest BCUT2D eigenvalue weighted by Gasteiger charge is 2.22. The van der Waals surface area contributed by atoms with E-state index in [0.29, 0.717) is 0 Å². The number of nitrogens with zero attached hydrogens (tertiary/aromatic N) is 3. The standard InChI is InChI=1S/C23H21N3/c1-23(2,3)22-21(25-19-6-4-5-7-20(19)26-22)18-10-8-16(9-11-18)17-12-14-24-15-13-17/h4-15H,1-3H3. The van der Waals surface area contributed by atoms with Crippen molar-refractivity contribution in [2.24, 2.45) is 0 Å². The molecule has 2 aromatic carbocycles. The Morgan fingerprint density at radius 2 is 1.15 bits per heavy atom. The normalized spacial score (nSPS) is 11.7. The second-order valence-electron chi connectivity index (χ2n) is 7.47. The van der Waals surface area contributed by atoms with Gasteiger partial charge in [-0.15, -0.1) is 0 Å². The minimum atomic E-state index is -0.0872. The van der Waals surface area contributed by atoms with Crippen molar-refractivity contribution < 1.29 is 0 Å². The van der Waals surface area contributed by atoms with Crippen LogP contribution in [0.3, 0.4) is 0 Å². The molecule has 0 aliphatic heterocycles. The number of aromatic nitrogens is 3.